The lowest BCUT2D eigenvalue weighted by Crippen LogP contribution is -2.05. The van der Waals surface area contributed by atoms with Crippen LogP contribution >= 0.6 is 11.6 Å². The molecule has 0 bridgehead atoms. The van der Waals surface area contributed by atoms with Gasteiger partial charge in [-0.15, -0.1) is 16.7 Å². The number of anilines is 1. The molecule has 4 aromatic rings. The third-order valence-electron chi connectivity index (χ3n) is 3.29. The lowest BCUT2D eigenvalue weighted by atomic mass is 10.3. The Morgan fingerprint density at radius 2 is 2.05 bits per heavy atom. The molecule has 2 N–H and O–H groups in total. The number of aromatic nitrogens is 7. The van der Waals surface area contributed by atoms with Gasteiger partial charge in [0, 0.05) is 18.6 Å². The third kappa shape index (κ3) is 1.88. The van der Waals surface area contributed by atoms with Crippen molar-refractivity contribution in [3.63, 3.8) is 0 Å². The highest BCUT2D eigenvalue weighted by Gasteiger charge is 2.16. The van der Waals surface area contributed by atoms with Crippen LogP contribution in [-0.2, 0) is 6.54 Å². The highest BCUT2D eigenvalue weighted by Crippen LogP contribution is 2.21. The molecular formula is C13H11ClN8. The molecule has 0 fully saturated rings. The number of nitrogens with two attached hydrogens (primary N) is 1. The Labute approximate surface area is 129 Å². The SMILES string of the molecule is Nc1nc2c(ncn2CCCl)c2nc(-c3ccccn3)nn12. The first-order chi connectivity index (χ1) is 10.8. The molecule has 0 saturated heterocycles. The fraction of sp³-hybridized carbons (Fsp3) is 0.154. The van der Waals surface area contributed by atoms with Crippen molar-refractivity contribution in [1.29, 1.82) is 0 Å². The van der Waals surface area contributed by atoms with E-state index >= 15 is 0 Å². The van der Waals surface area contributed by atoms with Gasteiger partial charge in [-0.1, -0.05) is 6.07 Å². The summed E-state index contributed by atoms with van der Waals surface area (Å²) in [5, 5.41) is 4.37. The van der Waals surface area contributed by atoms with Crippen LogP contribution in [0.5, 0.6) is 0 Å². The summed E-state index contributed by atoms with van der Waals surface area (Å²) in [6.07, 6.45) is 3.36. The van der Waals surface area contributed by atoms with Crippen LogP contribution in [0.4, 0.5) is 5.95 Å². The van der Waals surface area contributed by atoms with E-state index < -0.39 is 0 Å². The largest absolute Gasteiger partial charge is 0.368 e. The number of hydrogen-bond acceptors (Lipinski definition) is 6. The summed E-state index contributed by atoms with van der Waals surface area (Å²) in [5.41, 5.74) is 8.49. The van der Waals surface area contributed by atoms with E-state index in [1.807, 2.05) is 22.8 Å². The van der Waals surface area contributed by atoms with Crippen LogP contribution in [0, 0.1) is 0 Å². The number of halogens is 1. The second kappa shape index (κ2) is 4.92. The first-order valence-corrected chi connectivity index (χ1v) is 7.16. The Hall–Kier alpha value is -2.74. The maximum absolute atomic E-state index is 5.99. The summed E-state index contributed by atoms with van der Waals surface area (Å²) < 4.78 is 3.32. The van der Waals surface area contributed by atoms with Gasteiger partial charge in [0.2, 0.25) is 11.8 Å². The monoisotopic (exact) mass is 314 g/mol. The van der Waals surface area contributed by atoms with E-state index in [1.54, 1.807) is 12.5 Å². The predicted octanol–water partition coefficient (Wildman–Crippen LogP) is 1.36. The standard InChI is InChI=1S/C13H11ClN8/c14-4-6-21-7-17-9-11(21)19-13(15)22-12(9)18-10(20-22)8-3-1-2-5-16-8/h1-3,5,7H,4,6H2,(H2,15,19). The van der Waals surface area contributed by atoms with Gasteiger partial charge in [-0.05, 0) is 12.1 Å². The molecule has 0 aliphatic heterocycles. The number of rotatable bonds is 3. The predicted molar refractivity (Wildman–Crippen MR) is 82.4 cm³/mol. The molecule has 0 aliphatic rings. The summed E-state index contributed by atoms with van der Waals surface area (Å²) in [5.74, 6) is 1.19. The molecule has 8 nitrogen and oxygen atoms in total. The molecule has 0 spiro atoms. The van der Waals surface area contributed by atoms with Crippen LogP contribution in [0.25, 0.3) is 28.3 Å². The molecule has 22 heavy (non-hydrogen) atoms. The van der Waals surface area contributed by atoms with Crippen LogP contribution in [-0.4, -0.2) is 40.0 Å². The Bertz CT molecular complexity index is 958. The summed E-state index contributed by atoms with van der Waals surface area (Å²) in [7, 11) is 0. The Morgan fingerprint density at radius 1 is 1.14 bits per heavy atom. The van der Waals surface area contributed by atoms with Gasteiger partial charge in [0.15, 0.2) is 16.8 Å². The molecule has 0 aliphatic carbocycles. The second-order valence-electron chi connectivity index (χ2n) is 4.65. The van der Waals surface area contributed by atoms with Gasteiger partial charge in [0.05, 0.1) is 6.33 Å². The van der Waals surface area contributed by atoms with Gasteiger partial charge in [0.25, 0.3) is 0 Å². The molecule has 0 saturated carbocycles. The number of nitrogen functional groups attached to an aromatic ring is 1. The maximum atomic E-state index is 5.99. The normalized spacial score (nSPS) is 11.5. The van der Waals surface area contributed by atoms with Gasteiger partial charge < -0.3 is 10.3 Å². The fourth-order valence-corrected chi connectivity index (χ4v) is 2.47. The number of hydrogen-bond donors (Lipinski definition) is 1. The lowest BCUT2D eigenvalue weighted by Gasteiger charge is -2.01. The first kappa shape index (κ1) is 13.0. The van der Waals surface area contributed by atoms with Crippen LogP contribution in [0.1, 0.15) is 0 Å². The van der Waals surface area contributed by atoms with Gasteiger partial charge in [0.1, 0.15) is 5.69 Å². The summed E-state index contributed by atoms with van der Waals surface area (Å²) >= 11 is 5.79. The molecule has 0 amide bonds. The van der Waals surface area contributed by atoms with Crippen molar-refractivity contribution in [2.75, 3.05) is 11.6 Å². The summed E-state index contributed by atoms with van der Waals surface area (Å²) in [6.45, 7) is 0.599. The quantitative estimate of drug-likeness (QED) is 0.573. The van der Waals surface area contributed by atoms with Crippen LogP contribution in [0.2, 0.25) is 0 Å². The zero-order chi connectivity index (χ0) is 15.1. The molecule has 0 unspecified atom stereocenters. The number of alkyl halides is 1. The Balaban J connectivity index is 1.99. The molecule has 0 atom stereocenters. The fourth-order valence-electron chi connectivity index (χ4n) is 2.29. The Morgan fingerprint density at radius 3 is 2.82 bits per heavy atom. The van der Waals surface area contributed by atoms with Crippen LogP contribution in [0.3, 0.4) is 0 Å². The summed E-state index contributed by atoms with van der Waals surface area (Å²) in [4.78, 5) is 17.5. The smallest absolute Gasteiger partial charge is 0.225 e. The van der Waals surface area contributed by atoms with Gasteiger partial charge in [-0.25, -0.2) is 9.97 Å². The lowest BCUT2D eigenvalue weighted by molar-refractivity contribution is 0.782. The minimum Gasteiger partial charge on any atom is -0.368 e. The first-order valence-electron chi connectivity index (χ1n) is 6.62. The van der Waals surface area contributed by atoms with Crippen LogP contribution < -0.4 is 5.73 Å². The van der Waals surface area contributed by atoms with E-state index in [1.165, 1.54) is 4.52 Å². The van der Waals surface area contributed by atoms with Crippen molar-refractivity contribution in [3.8, 4) is 11.5 Å². The molecular weight excluding hydrogens is 304 g/mol. The van der Waals surface area contributed by atoms with Crippen molar-refractivity contribution < 1.29 is 0 Å². The van der Waals surface area contributed by atoms with E-state index in [4.69, 9.17) is 17.3 Å². The van der Waals surface area contributed by atoms with Crippen molar-refractivity contribution in [1.82, 2.24) is 34.1 Å². The third-order valence-corrected chi connectivity index (χ3v) is 3.45. The molecule has 110 valence electrons. The number of aryl methyl sites for hydroxylation is 1. The van der Waals surface area contributed by atoms with Crippen molar-refractivity contribution in [2.45, 2.75) is 6.54 Å². The molecule has 0 aromatic carbocycles. The van der Waals surface area contributed by atoms with E-state index in [0.717, 1.165) is 0 Å². The minimum atomic E-state index is 0.244. The zero-order valence-corrected chi connectivity index (χ0v) is 12.1. The van der Waals surface area contributed by atoms with Crippen LogP contribution in [0.15, 0.2) is 30.7 Å². The Kier molecular flexibility index (Phi) is 2.90. The summed E-state index contributed by atoms with van der Waals surface area (Å²) in [6, 6.07) is 5.54. The van der Waals surface area contributed by atoms with E-state index in [-0.39, 0.29) is 5.95 Å². The average Bonchev–Trinajstić information content (AvgIpc) is 3.14. The van der Waals surface area contributed by atoms with E-state index in [0.29, 0.717) is 40.8 Å². The van der Waals surface area contributed by atoms with Gasteiger partial charge >= 0.3 is 0 Å². The zero-order valence-electron chi connectivity index (χ0n) is 11.4. The maximum Gasteiger partial charge on any atom is 0.225 e. The van der Waals surface area contributed by atoms with E-state index in [9.17, 15) is 0 Å². The molecule has 9 heteroatoms. The molecule has 0 radical (unpaired) electrons. The van der Waals surface area contributed by atoms with Crippen molar-refractivity contribution >= 4 is 34.4 Å². The average molecular weight is 315 g/mol. The molecule has 4 rings (SSSR count). The topological polar surface area (TPSA) is 99.8 Å². The number of pyridine rings is 1. The highest BCUT2D eigenvalue weighted by atomic mass is 35.5. The van der Waals surface area contributed by atoms with Gasteiger partial charge in [-0.3, -0.25) is 4.98 Å². The molecule has 4 heterocycles. The number of fused-ring (bicyclic) bond motifs is 3. The molecule has 4 aromatic heterocycles. The van der Waals surface area contributed by atoms with Crippen molar-refractivity contribution in [2.24, 2.45) is 0 Å². The number of imidazole rings is 1. The second-order valence-corrected chi connectivity index (χ2v) is 5.03. The van der Waals surface area contributed by atoms with Crippen molar-refractivity contribution in [3.05, 3.63) is 30.7 Å². The minimum absolute atomic E-state index is 0.244. The highest BCUT2D eigenvalue weighted by molar-refractivity contribution is 6.17. The van der Waals surface area contributed by atoms with E-state index in [2.05, 4.69) is 25.0 Å². The number of nitrogens with zero attached hydrogens (tertiary/aromatic N) is 7. The van der Waals surface area contributed by atoms with Gasteiger partial charge in [-0.2, -0.15) is 9.50 Å².